The van der Waals surface area contributed by atoms with Gasteiger partial charge in [0.2, 0.25) is 0 Å². The summed E-state index contributed by atoms with van der Waals surface area (Å²) in [6.45, 7) is 0. The molecule has 0 aliphatic carbocycles. The molecule has 68 valence electrons. The van der Waals surface area contributed by atoms with Gasteiger partial charge >= 0.3 is 0 Å². The van der Waals surface area contributed by atoms with Crippen LogP contribution in [0.4, 0.5) is 0 Å². The smallest absolute Gasteiger partial charge is 0.180 e. The van der Waals surface area contributed by atoms with E-state index in [1.54, 1.807) is 6.21 Å². The maximum Gasteiger partial charge on any atom is 0.180 e. The number of nitrogens with two attached hydrogens (primary N) is 1. The van der Waals surface area contributed by atoms with Crippen molar-refractivity contribution >= 4 is 23.1 Å². The molecule has 1 aromatic carbocycles. The van der Waals surface area contributed by atoms with Crippen LogP contribution in [0.15, 0.2) is 40.5 Å². The molecule has 0 heterocycles. The number of hydrogen-bond donors (Lipinski definition) is 1. The lowest BCUT2D eigenvalue weighted by Crippen LogP contribution is -2.03. The molecule has 1 aromatic rings. The van der Waals surface area contributed by atoms with Crippen molar-refractivity contribution in [3.63, 3.8) is 0 Å². The summed E-state index contributed by atoms with van der Waals surface area (Å²) in [4.78, 5) is 0. The van der Waals surface area contributed by atoms with Crippen molar-refractivity contribution in [3.8, 4) is 0 Å². The molecule has 1 rings (SSSR count). The van der Waals surface area contributed by atoms with Gasteiger partial charge in [-0.1, -0.05) is 42.1 Å². The van der Waals surface area contributed by atoms with Crippen molar-refractivity contribution in [2.24, 2.45) is 15.9 Å². The minimum absolute atomic E-state index is 0.465. The van der Waals surface area contributed by atoms with Gasteiger partial charge < -0.3 is 5.73 Å². The lowest BCUT2D eigenvalue weighted by atomic mass is 10.2. The zero-order chi connectivity index (χ0) is 9.52. The molecule has 0 saturated heterocycles. The molecular formula is C9H11N3S. The minimum Gasteiger partial charge on any atom is -0.377 e. The minimum atomic E-state index is 0.465. The predicted molar refractivity (Wildman–Crippen MR) is 59.2 cm³/mol. The summed E-state index contributed by atoms with van der Waals surface area (Å²) in [6.07, 6.45) is 3.53. The summed E-state index contributed by atoms with van der Waals surface area (Å²) in [7, 11) is 0. The Morgan fingerprint density at radius 3 is 2.69 bits per heavy atom. The summed E-state index contributed by atoms with van der Waals surface area (Å²) in [5.74, 6) is 0. The molecule has 3 nitrogen and oxygen atoms in total. The van der Waals surface area contributed by atoms with Crippen LogP contribution in [-0.2, 0) is 0 Å². The van der Waals surface area contributed by atoms with Crippen molar-refractivity contribution in [2.75, 3.05) is 6.26 Å². The summed E-state index contributed by atoms with van der Waals surface area (Å²) in [5, 5.41) is 8.06. The van der Waals surface area contributed by atoms with Gasteiger partial charge in [-0.3, -0.25) is 0 Å². The number of hydrogen-bond acceptors (Lipinski definition) is 3. The van der Waals surface area contributed by atoms with Crippen LogP contribution in [0.5, 0.6) is 0 Å². The third-order valence-electron chi connectivity index (χ3n) is 1.37. The summed E-state index contributed by atoms with van der Waals surface area (Å²) < 4.78 is 0. The SMILES string of the molecule is CS/C(N)=N\N=C/c1ccccc1. The highest BCUT2D eigenvalue weighted by molar-refractivity contribution is 8.13. The lowest BCUT2D eigenvalue weighted by Gasteiger charge is -1.89. The van der Waals surface area contributed by atoms with E-state index in [2.05, 4.69) is 10.2 Å². The molecule has 13 heavy (non-hydrogen) atoms. The number of rotatable bonds is 2. The fourth-order valence-corrected chi connectivity index (χ4v) is 0.861. The second-order valence-corrected chi connectivity index (χ2v) is 3.12. The summed E-state index contributed by atoms with van der Waals surface area (Å²) in [6, 6.07) is 9.76. The first-order valence-electron chi connectivity index (χ1n) is 3.78. The fourth-order valence-electron chi connectivity index (χ4n) is 0.732. The van der Waals surface area contributed by atoms with Gasteiger partial charge in [-0.05, 0) is 11.8 Å². The summed E-state index contributed by atoms with van der Waals surface area (Å²) in [5.41, 5.74) is 6.45. The van der Waals surface area contributed by atoms with Crippen LogP contribution >= 0.6 is 11.8 Å². The van der Waals surface area contributed by atoms with Gasteiger partial charge in [0.1, 0.15) is 0 Å². The highest BCUT2D eigenvalue weighted by Crippen LogP contribution is 1.95. The molecule has 2 N–H and O–H groups in total. The Kier molecular flexibility index (Phi) is 4.05. The van der Waals surface area contributed by atoms with Crippen molar-refractivity contribution in [1.82, 2.24) is 0 Å². The Hall–Kier alpha value is -1.29. The topological polar surface area (TPSA) is 50.7 Å². The van der Waals surface area contributed by atoms with E-state index in [1.807, 2.05) is 36.6 Å². The van der Waals surface area contributed by atoms with Crippen molar-refractivity contribution in [2.45, 2.75) is 0 Å². The Labute approximate surface area is 81.8 Å². The molecule has 0 unspecified atom stereocenters. The molecule has 0 fully saturated rings. The fraction of sp³-hybridized carbons (Fsp3) is 0.111. The molecule has 0 saturated carbocycles. The predicted octanol–water partition coefficient (Wildman–Crippen LogP) is 1.70. The Morgan fingerprint density at radius 2 is 2.08 bits per heavy atom. The van der Waals surface area contributed by atoms with Gasteiger partial charge in [-0.15, -0.1) is 5.10 Å². The van der Waals surface area contributed by atoms with Crippen LogP contribution in [0, 0.1) is 0 Å². The standard InChI is InChI=1S/C9H11N3S/c1-13-9(10)12-11-7-8-5-3-2-4-6-8/h2-7H,1H3,(H2,10,12)/b11-7-. The van der Waals surface area contributed by atoms with Gasteiger partial charge in [-0.2, -0.15) is 5.10 Å². The maximum atomic E-state index is 5.44. The van der Waals surface area contributed by atoms with Gasteiger partial charge in [0.05, 0.1) is 6.21 Å². The average Bonchev–Trinajstić information content (AvgIpc) is 2.19. The van der Waals surface area contributed by atoms with E-state index in [9.17, 15) is 0 Å². The van der Waals surface area contributed by atoms with Crippen molar-refractivity contribution in [3.05, 3.63) is 35.9 Å². The number of thioether (sulfide) groups is 1. The van der Waals surface area contributed by atoms with E-state index >= 15 is 0 Å². The van der Waals surface area contributed by atoms with Crippen molar-refractivity contribution < 1.29 is 0 Å². The molecule has 0 aliphatic heterocycles. The normalized spacial score (nSPS) is 12.2. The first-order chi connectivity index (χ1) is 6.33. The molecule has 0 radical (unpaired) electrons. The third-order valence-corrected chi connectivity index (χ3v) is 1.87. The van der Waals surface area contributed by atoms with Crippen LogP contribution in [0.2, 0.25) is 0 Å². The average molecular weight is 193 g/mol. The first kappa shape index (κ1) is 9.80. The monoisotopic (exact) mass is 193 g/mol. The van der Waals surface area contributed by atoms with E-state index in [0.29, 0.717) is 5.17 Å². The van der Waals surface area contributed by atoms with Crippen LogP contribution in [0.25, 0.3) is 0 Å². The second-order valence-electron chi connectivity index (χ2n) is 2.30. The molecule has 0 aromatic heterocycles. The molecule has 4 heteroatoms. The second kappa shape index (κ2) is 5.37. The molecule has 0 atom stereocenters. The van der Waals surface area contributed by atoms with Gasteiger partial charge in [0.25, 0.3) is 0 Å². The maximum absolute atomic E-state index is 5.44. The number of amidine groups is 1. The number of benzene rings is 1. The van der Waals surface area contributed by atoms with E-state index < -0.39 is 0 Å². The zero-order valence-corrected chi connectivity index (χ0v) is 8.16. The van der Waals surface area contributed by atoms with Gasteiger partial charge in [-0.25, -0.2) is 0 Å². The Bertz CT molecular complexity index is 306. The van der Waals surface area contributed by atoms with E-state index in [1.165, 1.54) is 11.8 Å². The van der Waals surface area contributed by atoms with Gasteiger partial charge in [0.15, 0.2) is 5.17 Å². The quantitative estimate of drug-likeness (QED) is 0.441. The number of nitrogens with zero attached hydrogens (tertiary/aromatic N) is 2. The van der Waals surface area contributed by atoms with E-state index in [0.717, 1.165) is 5.56 Å². The van der Waals surface area contributed by atoms with Crippen LogP contribution in [0.1, 0.15) is 5.56 Å². The lowest BCUT2D eigenvalue weighted by molar-refractivity contribution is 1.25. The van der Waals surface area contributed by atoms with E-state index in [-0.39, 0.29) is 0 Å². The largest absolute Gasteiger partial charge is 0.377 e. The molecule has 0 aliphatic rings. The Balaban J connectivity index is 2.60. The molecular weight excluding hydrogens is 182 g/mol. The van der Waals surface area contributed by atoms with E-state index in [4.69, 9.17) is 5.73 Å². The van der Waals surface area contributed by atoms with Crippen molar-refractivity contribution in [1.29, 1.82) is 0 Å². The van der Waals surface area contributed by atoms with Crippen LogP contribution in [0.3, 0.4) is 0 Å². The zero-order valence-electron chi connectivity index (χ0n) is 7.34. The highest BCUT2D eigenvalue weighted by atomic mass is 32.2. The highest BCUT2D eigenvalue weighted by Gasteiger charge is 1.84. The molecule has 0 amide bonds. The Morgan fingerprint density at radius 1 is 1.38 bits per heavy atom. The van der Waals surface area contributed by atoms with Gasteiger partial charge in [0, 0.05) is 0 Å². The molecule has 0 spiro atoms. The van der Waals surface area contributed by atoms with Crippen LogP contribution in [-0.4, -0.2) is 17.6 Å². The van der Waals surface area contributed by atoms with Crippen LogP contribution < -0.4 is 5.73 Å². The third kappa shape index (κ3) is 3.75. The molecule has 0 bridgehead atoms. The first-order valence-corrected chi connectivity index (χ1v) is 5.01. The summed E-state index contributed by atoms with van der Waals surface area (Å²) >= 11 is 1.37.